The Labute approximate surface area is 91.5 Å². The average Bonchev–Trinajstić information content (AvgIpc) is 2.12. The first kappa shape index (κ1) is 12.5. The SMILES string of the molecule is CC(C)OCC(=O)N1CC(C)OC(C)C1. The molecule has 1 rings (SSSR count). The molecule has 1 heterocycles. The molecule has 4 nitrogen and oxygen atoms in total. The van der Waals surface area contributed by atoms with Crippen molar-refractivity contribution < 1.29 is 14.3 Å². The Balaban J connectivity index is 2.38. The van der Waals surface area contributed by atoms with Gasteiger partial charge in [0.2, 0.25) is 5.91 Å². The van der Waals surface area contributed by atoms with Crippen LogP contribution in [0.25, 0.3) is 0 Å². The van der Waals surface area contributed by atoms with Gasteiger partial charge in [0.05, 0.1) is 18.3 Å². The van der Waals surface area contributed by atoms with E-state index in [-0.39, 0.29) is 30.8 Å². The van der Waals surface area contributed by atoms with Gasteiger partial charge >= 0.3 is 0 Å². The third-order valence-corrected chi connectivity index (χ3v) is 2.31. The Morgan fingerprint density at radius 1 is 1.40 bits per heavy atom. The lowest BCUT2D eigenvalue weighted by Crippen LogP contribution is -2.49. The largest absolute Gasteiger partial charge is 0.372 e. The Morgan fingerprint density at radius 3 is 2.40 bits per heavy atom. The van der Waals surface area contributed by atoms with Gasteiger partial charge in [0.25, 0.3) is 0 Å². The molecule has 0 saturated carbocycles. The summed E-state index contributed by atoms with van der Waals surface area (Å²) in [5.41, 5.74) is 0. The smallest absolute Gasteiger partial charge is 0.248 e. The fourth-order valence-electron chi connectivity index (χ4n) is 1.71. The van der Waals surface area contributed by atoms with Crippen molar-refractivity contribution in [1.29, 1.82) is 0 Å². The van der Waals surface area contributed by atoms with Crippen molar-refractivity contribution in [3.05, 3.63) is 0 Å². The predicted octanol–water partition coefficient (Wildman–Crippen LogP) is 1.05. The van der Waals surface area contributed by atoms with Gasteiger partial charge in [-0.15, -0.1) is 0 Å². The summed E-state index contributed by atoms with van der Waals surface area (Å²) in [5.74, 6) is 0.0608. The van der Waals surface area contributed by atoms with Crippen LogP contribution < -0.4 is 0 Å². The minimum absolute atomic E-state index is 0.0608. The van der Waals surface area contributed by atoms with Crippen LogP contribution in [-0.4, -0.2) is 48.8 Å². The Morgan fingerprint density at radius 2 is 1.93 bits per heavy atom. The standard InChI is InChI=1S/C11H21NO3/c1-8(2)14-7-11(13)12-5-9(3)15-10(4)6-12/h8-10H,5-7H2,1-4H3. The number of carbonyl (C=O) groups is 1. The monoisotopic (exact) mass is 215 g/mol. The van der Waals surface area contributed by atoms with E-state index in [1.54, 1.807) is 0 Å². The van der Waals surface area contributed by atoms with Crippen LogP contribution in [0, 0.1) is 0 Å². The summed E-state index contributed by atoms with van der Waals surface area (Å²) < 4.78 is 10.9. The Hall–Kier alpha value is -0.610. The van der Waals surface area contributed by atoms with E-state index in [1.807, 2.05) is 32.6 Å². The van der Waals surface area contributed by atoms with E-state index in [1.165, 1.54) is 0 Å². The second-order valence-corrected chi connectivity index (χ2v) is 4.42. The molecule has 1 amide bonds. The van der Waals surface area contributed by atoms with Crippen molar-refractivity contribution in [1.82, 2.24) is 4.90 Å². The highest BCUT2D eigenvalue weighted by Crippen LogP contribution is 2.10. The van der Waals surface area contributed by atoms with Gasteiger partial charge < -0.3 is 14.4 Å². The van der Waals surface area contributed by atoms with E-state index >= 15 is 0 Å². The maximum atomic E-state index is 11.7. The van der Waals surface area contributed by atoms with E-state index < -0.39 is 0 Å². The molecule has 1 saturated heterocycles. The van der Waals surface area contributed by atoms with Crippen LogP contribution in [0.2, 0.25) is 0 Å². The second-order valence-electron chi connectivity index (χ2n) is 4.42. The highest BCUT2D eigenvalue weighted by molar-refractivity contribution is 5.77. The van der Waals surface area contributed by atoms with E-state index in [9.17, 15) is 4.79 Å². The topological polar surface area (TPSA) is 38.8 Å². The zero-order valence-corrected chi connectivity index (χ0v) is 10.0. The van der Waals surface area contributed by atoms with Gasteiger partial charge in [-0.05, 0) is 27.7 Å². The first-order chi connectivity index (χ1) is 6.99. The molecule has 15 heavy (non-hydrogen) atoms. The summed E-state index contributed by atoms with van der Waals surface area (Å²) in [5, 5.41) is 0. The van der Waals surface area contributed by atoms with E-state index in [0.29, 0.717) is 13.1 Å². The molecule has 1 fully saturated rings. The molecule has 0 spiro atoms. The molecule has 1 aliphatic rings. The minimum atomic E-state index is 0.0608. The molecule has 4 heteroatoms. The van der Waals surface area contributed by atoms with Crippen LogP contribution in [0.4, 0.5) is 0 Å². The first-order valence-electron chi connectivity index (χ1n) is 5.54. The van der Waals surface area contributed by atoms with Crippen molar-refractivity contribution in [3.8, 4) is 0 Å². The minimum Gasteiger partial charge on any atom is -0.372 e. The van der Waals surface area contributed by atoms with Crippen LogP contribution in [0.15, 0.2) is 0 Å². The van der Waals surface area contributed by atoms with Crippen molar-refractivity contribution in [2.75, 3.05) is 19.7 Å². The number of hydrogen-bond donors (Lipinski definition) is 0. The maximum Gasteiger partial charge on any atom is 0.248 e. The summed E-state index contributed by atoms with van der Waals surface area (Å²) in [4.78, 5) is 13.6. The van der Waals surface area contributed by atoms with Crippen LogP contribution in [-0.2, 0) is 14.3 Å². The highest BCUT2D eigenvalue weighted by Gasteiger charge is 2.25. The number of carbonyl (C=O) groups excluding carboxylic acids is 1. The van der Waals surface area contributed by atoms with Gasteiger partial charge in [0.15, 0.2) is 0 Å². The second kappa shape index (κ2) is 5.47. The predicted molar refractivity (Wildman–Crippen MR) is 57.7 cm³/mol. The lowest BCUT2D eigenvalue weighted by molar-refractivity contribution is -0.149. The fourth-order valence-corrected chi connectivity index (χ4v) is 1.71. The molecule has 0 aromatic rings. The van der Waals surface area contributed by atoms with Crippen LogP contribution in [0.1, 0.15) is 27.7 Å². The maximum absolute atomic E-state index is 11.7. The van der Waals surface area contributed by atoms with Gasteiger partial charge in [0.1, 0.15) is 6.61 Å². The summed E-state index contributed by atoms with van der Waals surface area (Å²) >= 11 is 0. The normalized spacial score (nSPS) is 27.1. The third kappa shape index (κ3) is 4.18. The molecule has 0 bridgehead atoms. The quantitative estimate of drug-likeness (QED) is 0.706. The third-order valence-electron chi connectivity index (χ3n) is 2.31. The number of ether oxygens (including phenoxy) is 2. The molecule has 0 aromatic heterocycles. The van der Waals surface area contributed by atoms with Crippen molar-refractivity contribution in [3.63, 3.8) is 0 Å². The van der Waals surface area contributed by atoms with Gasteiger partial charge in [-0.1, -0.05) is 0 Å². The molecule has 2 unspecified atom stereocenters. The van der Waals surface area contributed by atoms with Gasteiger partial charge in [-0.25, -0.2) is 0 Å². The Bertz CT molecular complexity index is 208. The summed E-state index contributed by atoms with van der Waals surface area (Å²) in [6, 6.07) is 0. The van der Waals surface area contributed by atoms with Crippen molar-refractivity contribution in [2.45, 2.75) is 46.0 Å². The number of morpholine rings is 1. The average molecular weight is 215 g/mol. The summed E-state index contributed by atoms with van der Waals surface area (Å²) in [6.07, 6.45) is 0.346. The number of nitrogens with zero attached hydrogens (tertiary/aromatic N) is 1. The zero-order valence-electron chi connectivity index (χ0n) is 10.0. The zero-order chi connectivity index (χ0) is 11.4. The molecule has 0 aliphatic carbocycles. The highest BCUT2D eigenvalue weighted by atomic mass is 16.5. The molecule has 0 aromatic carbocycles. The van der Waals surface area contributed by atoms with Gasteiger partial charge in [0, 0.05) is 13.1 Å². The van der Waals surface area contributed by atoms with Gasteiger partial charge in [-0.3, -0.25) is 4.79 Å². The Kier molecular flexibility index (Phi) is 4.54. The molecule has 0 N–H and O–H groups in total. The number of amides is 1. The lowest BCUT2D eigenvalue weighted by Gasteiger charge is -2.35. The molecular weight excluding hydrogens is 194 g/mol. The van der Waals surface area contributed by atoms with Crippen molar-refractivity contribution in [2.24, 2.45) is 0 Å². The molecule has 0 radical (unpaired) electrons. The van der Waals surface area contributed by atoms with E-state index in [4.69, 9.17) is 9.47 Å². The van der Waals surface area contributed by atoms with Crippen molar-refractivity contribution >= 4 is 5.91 Å². The van der Waals surface area contributed by atoms with Crippen LogP contribution in [0.3, 0.4) is 0 Å². The number of hydrogen-bond acceptors (Lipinski definition) is 3. The molecule has 88 valence electrons. The fraction of sp³-hybridized carbons (Fsp3) is 0.909. The van der Waals surface area contributed by atoms with Crippen LogP contribution in [0.5, 0.6) is 0 Å². The molecule has 2 atom stereocenters. The summed E-state index contributed by atoms with van der Waals surface area (Å²) in [6.45, 7) is 9.35. The first-order valence-corrected chi connectivity index (χ1v) is 5.54. The summed E-state index contributed by atoms with van der Waals surface area (Å²) in [7, 11) is 0. The van der Waals surface area contributed by atoms with Gasteiger partial charge in [-0.2, -0.15) is 0 Å². The molecular formula is C11H21NO3. The lowest BCUT2D eigenvalue weighted by atomic mass is 10.2. The van der Waals surface area contributed by atoms with E-state index in [0.717, 1.165) is 0 Å². The van der Waals surface area contributed by atoms with Crippen LogP contribution >= 0.6 is 0 Å². The molecule has 1 aliphatic heterocycles. The number of rotatable bonds is 3. The van der Waals surface area contributed by atoms with E-state index in [2.05, 4.69) is 0 Å².